The smallest absolute Gasteiger partial charge is 0.410 e. The van der Waals surface area contributed by atoms with Gasteiger partial charge in [-0.25, -0.2) is 4.79 Å². The van der Waals surface area contributed by atoms with Gasteiger partial charge in [0.15, 0.2) is 5.96 Å². The molecule has 128 valence electrons. The largest absolute Gasteiger partial charge is 0.469 e. The fourth-order valence-corrected chi connectivity index (χ4v) is 2.28. The first-order valence-corrected chi connectivity index (χ1v) is 7.90. The molecule has 0 unspecified atom stereocenters. The molecule has 1 saturated heterocycles. The van der Waals surface area contributed by atoms with E-state index in [9.17, 15) is 4.79 Å². The Morgan fingerprint density at radius 3 is 2.52 bits per heavy atom. The second-order valence-corrected chi connectivity index (χ2v) is 6.52. The fourth-order valence-electron chi connectivity index (χ4n) is 2.28. The highest BCUT2D eigenvalue weighted by molar-refractivity contribution is 5.78. The summed E-state index contributed by atoms with van der Waals surface area (Å²) in [5.41, 5.74) is 5.55. The van der Waals surface area contributed by atoms with Gasteiger partial charge < -0.3 is 24.7 Å². The molecule has 23 heavy (non-hydrogen) atoms. The van der Waals surface area contributed by atoms with Gasteiger partial charge in [-0.3, -0.25) is 4.99 Å². The summed E-state index contributed by atoms with van der Waals surface area (Å²) < 4.78 is 10.6. The van der Waals surface area contributed by atoms with E-state index >= 15 is 0 Å². The molecule has 7 nitrogen and oxygen atoms in total. The summed E-state index contributed by atoms with van der Waals surface area (Å²) in [6.07, 6.45) is 2.11. The molecule has 7 heteroatoms. The van der Waals surface area contributed by atoms with Gasteiger partial charge in [0.25, 0.3) is 0 Å². The zero-order valence-electron chi connectivity index (χ0n) is 14.1. The van der Waals surface area contributed by atoms with Crippen LogP contribution in [0.4, 0.5) is 4.79 Å². The fraction of sp³-hybridized carbons (Fsp3) is 0.625. The van der Waals surface area contributed by atoms with Crippen molar-refractivity contribution in [3.8, 4) is 0 Å². The van der Waals surface area contributed by atoms with E-state index in [-0.39, 0.29) is 6.09 Å². The van der Waals surface area contributed by atoms with Crippen LogP contribution in [0, 0.1) is 0 Å². The van der Waals surface area contributed by atoms with E-state index in [1.54, 1.807) is 11.2 Å². The molecule has 0 aromatic carbocycles. The molecule has 2 heterocycles. The van der Waals surface area contributed by atoms with Crippen LogP contribution >= 0.6 is 0 Å². The topological polar surface area (TPSA) is 84.3 Å². The van der Waals surface area contributed by atoms with Crippen LogP contribution in [-0.4, -0.2) is 60.2 Å². The molecule has 0 aliphatic carbocycles. The number of furan rings is 1. The Bertz CT molecular complexity index is 526. The van der Waals surface area contributed by atoms with Crippen LogP contribution in [0.1, 0.15) is 26.5 Å². The molecule has 2 rings (SSSR count). The first-order valence-electron chi connectivity index (χ1n) is 7.90. The lowest BCUT2D eigenvalue weighted by Gasteiger charge is -2.36. The summed E-state index contributed by atoms with van der Waals surface area (Å²) in [4.78, 5) is 20.1. The van der Waals surface area contributed by atoms with Gasteiger partial charge in [0, 0.05) is 39.1 Å². The molecule has 0 saturated carbocycles. The number of piperazine rings is 1. The van der Waals surface area contributed by atoms with Crippen molar-refractivity contribution in [2.45, 2.75) is 32.8 Å². The molecule has 1 aliphatic heterocycles. The molecule has 1 aromatic heterocycles. The van der Waals surface area contributed by atoms with Crippen molar-refractivity contribution < 1.29 is 13.9 Å². The molecule has 0 spiro atoms. The highest BCUT2D eigenvalue weighted by atomic mass is 16.6. The maximum absolute atomic E-state index is 12.0. The Hall–Kier alpha value is -2.18. The third-order valence-corrected chi connectivity index (χ3v) is 3.47. The number of ether oxygens (including phenoxy) is 1. The maximum atomic E-state index is 12.0. The Balaban J connectivity index is 1.75. The van der Waals surface area contributed by atoms with Gasteiger partial charge in [-0.05, 0) is 32.9 Å². The molecule has 0 bridgehead atoms. The summed E-state index contributed by atoms with van der Waals surface area (Å²) in [6, 6.07) is 3.78. The molecule has 1 aliphatic rings. The number of amides is 1. The molecule has 1 amide bonds. The number of rotatable bonds is 3. The maximum Gasteiger partial charge on any atom is 0.410 e. The van der Waals surface area contributed by atoms with E-state index < -0.39 is 5.60 Å². The van der Waals surface area contributed by atoms with Crippen LogP contribution < -0.4 is 5.73 Å². The lowest BCUT2D eigenvalue weighted by molar-refractivity contribution is 0.0186. The normalized spacial score (nSPS) is 16.6. The van der Waals surface area contributed by atoms with E-state index in [1.807, 2.05) is 37.8 Å². The lowest BCUT2D eigenvalue weighted by Crippen LogP contribution is -2.53. The number of hydrogen-bond acceptors (Lipinski definition) is 4. The summed E-state index contributed by atoms with van der Waals surface area (Å²) in [5, 5.41) is 0. The van der Waals surface area contributed by atoms with Crippen LogP contribution in [0.3, 0.4) is 0 Å². The molecule has 0 radical (unpaired) electrons. The highest BCUT2D eigenvalue weighted by Gasteiger charge is 2.26. The first kappa shape index (κ1) is 17.2. The number of nitrogens with two attached hydrogens (primary N) is 1. The summed E-state index contributed by atoms with van der Waals surface area (Å²) in [6.45, 7) is 8.68. The van der Waals surface area contributed by atoms with Gasteiger partial charge >= 0.3 is 6.09 Å². The number of hydrogen-bond donors (Lipinski definition) is 1. The van der Waals surface area contributed by atoms with Crippen LogP contribution in [0.5, 0.6) is 0 Å². The Labute approximate surface area is 137 Å². The Kier molecular flexibility index (Phi) is 5.52. The minimum atomic E-state index is -0.472. The SMILES string of the molecule is CC(C)(C)OC(=O)N1CCN(C(N)=NCCc2ccco2)CC1. The van der Waals surface area contributed by atoms with Gasteiger partial charge in [-0.2, -0.15) is 0 Å². The summed E-state index contributed by atoms with van der Waals surface area (Å²) >= 11 is 0. The van der Waals surface area contributed by atoms with E-state index in [0.717, 1.165) is 12.2 Å². The van der Waals surface area contributed by atoms with Crippen LogP contribution in [0.15, 0.2) is 27.8 Å². The summed E-state index contributed by atoms with van der Waals surface area (Å²) in [5.74, 6) is 1.41. The monoisotopic (exact) mass is 322 g/mol. The van der Waals surface area contributed by atoms with Crippen molar-refractivity contribution >= 4 is 12.1 Å². The highest BCUT2D eigenvalue weighted by Crippen LogP contribution is 2.11. The lowest BCUT2D eigenvalue weighted by atomic mass is 10.2. The minimum Gasteiger partial charge on any atom is -0.469 e. The quantitative estimate of drug-likeness (QED) is 0.676. The standard InChI is InChI=1S/C16H26N4O3/c1-16(2,3)23-15(21)20-10-8-19(9-11-20)14(17)18-7-6-13-5-4-12-22-13/h4-5,12H,6-11H2,1-3H3,(H2,17,18). The second kappa shape index (κ2) is 7.39. The van der Waals surface area contributed by atoms with Crippen molar-refractivity contribution in [3.05, 3.63) is 24.2 Å². The van der Waals surface area contributed by atoms with Crippen molar-refractivity contribution in [1.29, 1.82) is 0 Å². The molecular formula is C16H26N4O3. The number of nitrogens with zero attached hydrogens (tertiary/aromatic N) is 3. The van der Waals surface area contributed by atoms with Gasteiger partial charge in [0.05, 0.1) is 6.26 Å². The Morgan fingerprint density at radius 2 is 1.96 bits per heavy atom. The average Bonchev–Trinajstić information content (AvgIpc) is 2.99. The number of carbonyl (C=O) groups excluding carboxylic acids is 1. The Morgan fingerprint density at radius 1 is 1.30 bits per heavy atom. The van der Waals surface area contributed by atoms with Crippen molar-refractivity contribution in [1.82, 2.24) is 9.80 Å². The zero-order valence-corrected chi connectivity index (χ0v) is 14.1. The number of carbonyl (C=O) groups is 1. The third kappa shape index (κ3) is 5.50. The molecule has 1 aromatic rings. The van der Waals surface area contributed by atoms with E-state index in [0.29, 0.717) is 38.7 Å². The molecular weight excluding hydrogens is 296 g/mol. The average molecular weight is 322 g/mol. The predicted octanol–water partition coefficient (Wildman–Crippen LogP) is 1.69. The molecule has 2 N–H and O–H groups in total. The molecule has 0 atom stereocenters. The molecule has 1 fully saturated rings. The van der Waals surface area contributed by atoms with Gasteiger partial charge in [-0.15, -0.1) is 0 Å². The minimum absolute atomic E-state index is 0.273. The summed E-state index contributed by atoms with van der Waals surface area (Å²) in [7, 11) is 0. The number of guanidine groups is 1. The third-order valence-electron chi connectivity index (χ3n) is 3.47. The van der Waals surface area contributed by atoms with E-state index in [1.165, 1.54) is 0 Å². The van der Waals surface area contributed by atoms with Crippen molar-refractivity contribution in [3.63, 3.8) is 0 Å². The van der Waals surface area contributed by atoms with Crippen molar-refractivity contribution in [2.24, 2.45) is 10.7 Å². The van der Waals surface area contributed by atoms with Crippen LogP contribution in [-0.2, 0) is 11.2 Å². The zero-order chi connectivity index (χ0) is 16.9. The van der Waals surface area contributed by atoms with Gasteiger partial charge in [0.2, 0.25) is 0 Å². The van der Waals surface area contributed by atoms with Crippen molar-refractivity contribution in [2.75, 3.05) is 32.7 Å². The van der Waals surface area contributed by atoms with E-state index in [2.05, 4.69) is 4.99 Å². The van der Waals surface area contributed by atoms with Gasteiger partial charge in [-0.1, -0.05) is 0 Å². The first-order chi connectivity index (χ1) is 10.8. The second-order valence-electron chi connectivity index (χ2n) is 6.52. The van der Waals surface area contributed by atoms with E-state index in [4.69, 9.17) is 14.9 Å². The van der Waals surface area contributed by atoms with Gasteiger partial charge in [0.1, 0.15) is 11.4 Å². The van der Waals surface area contributed by atoms with Crippen LogP contribution in [0.2, 0.25) is 0 Å². The van der Waals surface area contributed by atoms with Crippen LogP contribution in [0.25, 0.3) is 0 Å². The number of aliphatic imine (C=N–C) groups is 1. The predicted molar refractivity (Wildman–Crippen MR) is 88.3 cm³/mol.